The van der Waals surface area contributed by atoms with Crippen molar-refractivity contribution in [1.29, 1.82) is 0 Å². The van der Waals surface area contributed by atoms with Gasteiger partial charge in [0.25, 0.3) is 5.91 Å². The molecule has 0 saturated carbocycles. The summed E-state index contributed by atoms with van der Waals surface area (Å²) < 4.78 is 6.89. The number of amides is 1. The van der Waals surface area contributed by atoms with Crippen molar-refractivity contribution < 1.29 is 19.4 Å². The van der Waals surface area contributed by atoms with Crippen LogP contribution in [0.5, 0.6) is 0 Å². The summed E-state index contributed by atoms with van der Waals surface area (Å²) >= 11 is 7.44. The standard InChI is InChI=1S/C26H23ClN4O4S/c27-19-10-8-17(9-11-19)21-13-23(32)22(15-30(21)25(33)24-7-4-12-36-24)31-14-20(28-29-31)16-35-26(34)18-5-2-1-3-6-18/h1-12,14,21-23,32H,13,15-16H2/t21-,22-,23+/m1/s1. The summed E-state index contributed by atoms with van der Waals surface area (Å²) in [6.07, 6.45) is 1.18. The molecule has 36 heavy (non-hydrogen) atoms. The largest absolute Gasteiger partial charge is 0.455 e. The molecule has 5 rings (SSSR count). The molecule has 10 heteroatoms. The highest BCUT2D eigenvalue weighted by molar-refractivity contribution is 7.12. The lowest BCUT2D eigenvalue weighted by atomic mass is 9.90. The van der Waals surface area contributed by atoms with E-state index in [4.69, 9.17) is 16.3 Å². The average molecular weight is 523 g/mol. The number of aliphatic hydroxyl groups is 1. The number of nitrogens with zero attached hydrogens (tertiary/aromatic N) is 4. The van der Waals surface area contributed by atoms with Gasteiger partial charge in [-0.05, 0) is 41.3 Å². The Morgan fingerprint density at radius 1 is 1.08 bits per heavy atom. The Hall–Kier alpha value is -3.53. The molecular formula is C26H23ClN4O4S. The highest BCUT2D eigenvalue weighted by Gasteiger charge is 2.40. The summed E-state index contributed by atoms with van der Waals surface area (Å²) in [6, 6.07) is 18.8. The molecule has 1 aliphatic heterocycles. The maximum Gasteiger partial charge on any atom is 0.338 e. The Labute approximate surface area is 216 Å². The number of aliphatic hydroxyl groups excluding tert-OH is 1. The molecule has 1 saturated heterocycles. The molecular weight excluding hydrogens is 500 g/mol. The third kappa shape index (κ3) is 5.18. The Kier molecular flexibility index (Phi) is 7.13. The molecule has 1 fully saturated rings. The second-order valence-corrected chi connectivity index (χ2v) is 9.89. The van der Waals surface area contributed by atoms with E-state index in [0.717, 1.165) is 5.56 Å². The molecule has 0 radical (unpaired) electrons. The fraction of sp³-hybridized carbons (Fsp3) is 0.231. The molecule has 3 atom stereocenters. The fourth-order valence-corrected chi connectivity index (χ4v) is 5.13. The zero-order chi connectivity index (χ0) is 25.1. The lowest BCUT2D eigenvalue weighted by molar-refractivity contribution is -0.00170. The minimum atomic E-state index is -0.778. The molecule has 2 aromatic heterocycles. The quantitative estimate of drug-likeness (QED) is 0.373. The smallest absolute Gasteiger partial charge is 0.338 e. The highest BCUT2D eigenvalue weighted by Crippen LogP contribution is 2.37. The SMILES string of the molecule is O=C(OCc1cn([C@@H]2CN(C(=O)c3cccs3)[C@@H](c3ccc(Cl)cc3)C[C@@H]2O)nn1)c1ccccc1. The van der Waals surface area contributed by atoms with Gasteiger partial charge >= 0.3 is 5.97 Å². The predicted molar refractivity (Wildman–Crippen MR) is 135 cm³/mol. The number of rotatable bonds is 6. The predicted octanol–water partition coefficient (Wildman–Crippen LogP) is 4.54. The summed E-state index contributed by atoms with van der Waals surface area (Å²) in [4.78, 5) is 28.1. The number of esters is 1. The van der Waals surface area contributed by atoms with Gasteiger partial charge in [0.1, 0.15) is 12.3 Å². The summed E-state index contributed by atoms with van der Waals surface area (Å²) in [6.45, 7) is 0.180. The molecule has 8 nitrogen and oxygen atoms in total. The lowest BCUT2D eigenvalue weighted by Gasteiger charge is -2.42. The van der Waals surface area contributed by atoms with Crippen LogP contribution >= 0.6 is 22.9 Å². The van der Waals surface area contributed by atoms with Crippen molar-refractivity contribution in [1.82, 2.24) is 19.9 Å². The molecule has 1 N–H and O–H groups in total. The van der Waals surface area contributed by atoms with Crippen LogP contribution in [0.25, 0.3) is 0 Å². The number of benzene rings is 2. The molecule has 2 aromatic carbocycles. The number of likely N-dealkylation sites (tertiary alicyclic amines) is 1. The Morgan fingerprint density at radius 3 is 2.58 bits per heavy atom. The lowest BCUT2D eigenvalue weighted by Crippen LogP contribution is -2.48. The van der Waals surface area contributed by atoms with Crippen molar-refractivity contribution in [2.75, 3.05) is 6.54 Å². The number of hydrogen-bond donors (Lipinski definition) is 1. The monoisotopic (exact) mass is 522 g/mol. The zero-order valence-electron chi connectivity index (χ0n) is 19.1. The minimum Gasteiger partial charge on any atom is -0.455 e. The molecule has 0 unspecified atom stereocenters. The van der Waals surface area contributed by atoms with Gasteiger partial charge in [-0.25, -0.2) is 9.48 Å². The van der Waals surface area contributed by atoms with Gasteiger partial charge in [-0.15, -0.1) is 16.4 Å². The molecule has 0 bridgehead atoms. The summed E-state index contributed by atoms with van der Waals surface area (Å²) in [5.41, 5.74) is 1.79. The van der Waals surface area contributed by atoms with Crippen LogP contribution in [0.3, 0.4) is 0 Å². The molecule has 1 aliphatic rings. The molecule has 3 heterocycles. The normalized spacial score (nSPS) is 19.7. The molecule has 0 spiro atoms. The van der Waals surface area contributed by atoms with Gasteiger partial charge in [-0.2, -0.15) is 0 Å². The third-order valence-electron chi connectivity index (χ3n) is 6.17. The average Bonchev–Trinajstić information content (AvgIpc) is 3.61. The second kappa shape index (κ2) is 10.6. The van der Waals surface area contributed by atoms with E-state index >= 15 is 0 Å². The van der Waals surface area contributed by atoms with Crippen molar-refractivity contribution in [3.63, 3.8) is 0 Å². The van der Waals surface area contributed by atoms with Crippen molar-refractivity contribution >= 4 is 34.8 Å². The number of hydrogen-bond acceptors (Lipinski definition) is 7. The Balaban J connectivity index is 1.34. The van der Waals surface area contributed by atoms with Gasteiger partial charge in [0.2, 0.25) is 0 Å². The van der Waals surface area contributed by atoms with Crippen LogP contribution < -0.4 is 0 Å². The maximum absolute atomic E-state index is 13.4. The maximum atomic E-state index is 13.4. The first kappa shape index (κ1) is 24.2. The van der Waals surface area contributed by atoms with Crippen molar-refractivity contribution in [3.8, 4) is 0 Å². The van der Waals surface area contributed by atoms with Gasteiger partial charge in [0, 0.05) is 18.0 Å². The van der Waals surface area contributed by atoms with E-state index in [-0.39, 0.29) is 25.1 Å². The molecule has 0 aliphatic carbocycles. The van der Waals surface area contributed by atoms with E-state index in [0.29, 0.717) is 27.6 Å². The summed E-state index contributed by atoms with van der Waals surface area (Å²) in [5.74, 6) is -0.569. The van der Waals surface area contributed by atoms with E-state index in [1.165, 1.54) is 11.3 Å². The first-order valence-electron chi connectivity index (χ1n) is 11.4. The second-order valence-electron chi connectivity index (χ2n) is 8.50. The number of aromatic nitrogens is 3. The topological polar surface area (TPSA) is 97.5 Å². The number of ether oxygens (including phenoxy) is 1. The van der Waals surface area contributed by atoms with E-state index < -0.39 is 18.1 Å². The molecule has 4 aromatic rings. The molecule has 184 valence electrons. The number of halogens is 1. The van der Waals surface area contributed by atoms with Crippen LogP contribution in [0.15, 0.2) is 78.3 Å². The van der Waals surface area contributed by atoms with Gasteiger partial charge in [-0.3, -0.25) is 4.79 Å². The zero-order valence-corrected chi connectivity index (χ0v) is 20.7. The van der Waals surface area contributed by atoms with Crippen LogP contribution in [0.4, 0.5) is 0 Å². The Morgan fingerprint density at radius 2 is 1.86 bits per heavy atom. The van der Waals surface area contributed by atoms with E-state index in [1.807, 2.05) is 29.6 Å². The fourth-order valence-electron chi connectivity index (χ4n) is 4.33. The van der Waals surface area contributed by atoms with Crippen LogP contribution in [0.2, 0.25) is 5.02 Å². The number of carbonyl (C=O) groups excluding carboxylic acids is 2. The summed E-state index contributed by atoms with van der Waals surface area (Å²) in [5, 5.41) is 21.8. The first-order chi connectivity index (χ1) is 17.5. The van der Waals surface area contributed by atoms with Gasteiger partial charge in [-0.1, -0.05) is 53.2 Å². The van der Waals surface area contributed by atoms with E-state index in [2.05, 4.69) is 10.3 Å². The van der Waals surface area contributed by atoms with Gasteiger partial charge in [0.15, 0.2) is 0 Å². The van der Waals surface area contributed by atoms with Crippen molar-refractivity contribution in [3.05, 3.63) is 105 Å². The van der Waals surface area contributed by atoms with E-state index in [9.17, 15) is 14.7 Å². The van der Waals surface area contributed by atoms with Crippen molar-refractivity contribution in [2.24, 2.45) is 0 Å². The summed E-state index contributed by atoms with van der Waals surface area (Å²) in [7, 11) is 0. The number of carbonyl (C=O) groups is 2. The van der Waals surface area contributed by atoms with Crippen molar-refractivity contribution in [2.45, 2.75) is 31.2 Å². The highest BCUT2D eigenvalue weighted by atomic mass is 35.5. The number of thiophene rings is 1. The third-order valence-corrected chi connectivity index (χ3v) is 7.28. The van der Waals surface area contributed by atoms with Gasteiger partial charge in [0.05, 0.1) is 34.8 Å². The van der Waals surface area contributed by atoms with Crippen LogP contribution in [-0.4, -0.2) is 49.5 Å². The van der Waals surface area contributed by atoms with Gasteiger partial charge < -0.3 is 14.7 Å². The van der Waals surface area contributed by atoms with E-state index in [1.54, 1.807) is 58.2 Å². The van der Waals surface area contributed by atoms with Crippen LogP contribution in [0, 0.1) is 0 Å². The Bertz CT molecular complexity index is 1330. The van der Waals surface area contributed by atoms with Crippen LogP contribution in [-0.2, 0) is 11.3 Å². The first-order valence-corrected chi connectivity index (χ1v) is 12.7. The minimum absolute atomic E-state index is 0.0538. The number of piperidine rings is 1. The van der Waals surface area contributed by atoms with Crippen LogP contribution in [0.1, 0.15) is 49.8 Å². The molecule has 1 amide bonds.